The summed E-state index contributed by atoms with van der Waals surface area (Å²) in [6, 6.07) is 20.0. The van der Waals surface area contributed by atoms with Crippen LogP contribution in [0.1, 0.15) is 49.1 Å². The molecule has 27 heavy (non-hydrogen) atoms. The Hall–Kier alpha value is -2.34. The van der Waals surface area contributed by atoms with Crippen LogP contribution in [0.15, 0.2) is 73.3 Å². The molecule has 1 saturated carbocycles. The van der Waals surface area contributed by atoms with E-state index in [2.05, 4.69) is 30.6 Å². The Labute approximate surface area is 161 Å². The van der Waals surface area contributed by atoms with Crippen LogP contribution in [0.2, 0.25) is 0 Å². The van der Waals surface area contributed by atoms with Crippen molar-refractivity contribution in [3.05, 3.63) is 84.4 Å². The fourth-order valence-electron chi connectivity index (χ4n) is 4.55. The van der Waals surface area contributed by atoms with E-state index in [4.69, 9.17) is 4.74 Å². The Kier molecular flexibility index (Phi) is 4.91. The summed E-state index contributed by atoms with van der Waals surface area (Å²) in [7, 11) is 0. The molecule has 0 radical (unpaired) electrons. The van der Waals surface area contributed by atoms with Crippen molar-refractivity contribution in [1.29, 1.82) is 0 Å². The van der Waals surface area contributed by atoms with Crippen molar-refractivity contribution in [2.24, 2.45) is 0 Å². The molecule has 1 aliphatic carbocycles. The largest absolute Gasteiger partial charge is 0.374 e. The smallest absolute Gasteiger partial charge is 0.164 e. The van der Waals surface area contributed by atoms with Gasteiger partial charge in [-0.25, -0.2) is 0 Å². The summed E-state index contributed by atoms with van der Waals surface area (Å²) in [4.78, 5) is 0. The summed E-state index contributed by atoms with van der Waals surface area (Å²) in [5.74, 6) is 6.34. The molecule has 1 N–H and O–H groups in total. The second kappa shape index (κ2) is 7.35. The predicted molar refractivity (Wildman–Crippen MR) is 108 cm³/mol. The van der Waals surface area contributed by atoms with Crippen LogP contribution in [0, 0.1) is 11.8 Å². The molecule has 0 spiro atoms. The number of rotatable bonds is 5. The first-order valence-electron chi connectivity index (χ1n) is 9.84. The zero-order chi connectivity index (χ0) is 18.7. The molecule has 4 atom stereocenters. The third-order valence-corrected chi connectivity index (χ3v) is 6.00. The summed E-state index contributed by atoms with van der Waals surface area (Å²) < 4.78 is 6.18. The van der Waals surface area contributed by atoms with Gasteiger partial charge in [0.05, 0.1) is 6.10 Å². The van der Waals surface area contributed by atoms with Crippen molar-refractivity contribution in [2.45, 2.75) is 55.3 Å². The quantitative estimate of drug-likeness (QED) is 0.471. The fraction of sp³-hybridized carbons (Fsp3) is 0.360. The molecule has 2 fully saturated rings. The third-order valence-electron chi connectivity index (χ3n) is 6.00. The molecule has 1 aliphatic heterocycles. The minimum absolute atomic E-state index is 0.109. The number of benzene rings is 2. The molecule has 0 amide bonds. The highest BCUT2D eigenvalue weighted by atomic mass is 16.6. The van der Waals surface area contributed by atoms with Crippen molar-refractivity contribution in [3.8, 4) is 11.8 Å². The summed E-state index contributed by atoms with van der Waals surface area (Å²) in [6.07, 6.45) is 6.74. The van der Waals surface area contributed by atoms with Crippen LogP contribution < -0.4 is 0 Å². The summed E-state index contributed by atoms with van der Waals surface area (Å²) in [5.41, 5.74) is 0.183. The van der Waals surface area contributed by atoms with E-state index in [9.17, 15) is 5.11 Å². The highest BCUT2D eigenvalue weighted by Gasteiger charge is 2.70. The van der Waals surface area contributed by atoms with E-state index in [-0.39, 0.29) is 12.0 Å². The highest BCUT2D eigenvalue weighted by molar-refractivity contribution is 5.43. The molecule has 1 saturated heterocycles. The molecular formula is C25H26O2. The SMILES string of the molecule is C=CC[C@@H](c1ccccc1)[C@@](O)(C#Cc1ccccc1)C12CCCCC1O2. The van der Waals surface area contributed by atoms with Gasteiger partial charge in [0.25, 0.3) is 0 Å². The van der Waals surface area contributed by atoms with Gasteiger partial charge >= 0.3 is 0 Å². The van der Waals surface area contributed by atoms with Crippen molar-refractivity contribution < 1.29 is 9.84 Å². The molecule has 2 aliphatic rings. The number of hydrogen-bond donors (Lipinski definition) is 1. The second-order valence-electron chi connectivity index (χ2n) is 7.61. The molecule has 0 bridgehead atoms. The molecule has 2 aromatic rings. The van der Waals surface area contributed by atoms with Crippen LogP contribution in [-0.4, -0.2) is 22.4 Å². The van der Waals surface area contributed by atoms with E-state index in [1.165, 1.54) is 0 Å². The molecule has 0 aromatic heterocycles. The molecular weight excluding hydrogens is 332 g/mol. The van der Waals surface area contributed by atoms with Gasteiger partial charge in [0.2, 0.25) is 0 Å². The minimum Gasteiger partial charge on any atom is -0.374 e. The van der Waals surface area contributed by atoms with Crippen molar-refractivity contribution in [1.82, 2.24) is 0 Å². The predicted octanol–water partition coefficient (Wildman–Crippen LogP) is 4.84. The van der Waals surface area contributed by atoms with Gasteiger partial charge in [0.15, 0.2) is 5.60 Å². The van der Waals surface area contributed by atoms with Crippen molar-refractivity contribution in [2.75, 3.05) is 0 Å². The Morgan fingerprint density at radius 3 is 2.52 bits per heavy atom. The van der Waals surface area contributed by atoms with Crippen LogP contribution in [0.3, 0.4) is 0 Å². The fourth-order valence-corrected chi connectivity index (χ4v) is 4.55. The van der Waals surface area contributed by atoms with Gasteiger partial charge in [0, 0.05) is 11.5 Å². The minimum atomic E-state index is -1.25. The number of allylic oxidation sites excluding steroid dienone is 1. The zero-order valence-corrected chi connectivity index (χ0v) is 15.6. The van der Waals surface area contributed by atoms with Gasteiger partial charge in [-0.05, 0) is 37.0 Å². The number of epoxide rings is 1. The average molecular weight is 358 g/mol. The van der Waals surface area contributed by atoms with Gasteiger partial charge in [-0.1, -0.05) is 79.3 Å². The lowest BCUT2D eigenvalue weighted by Crippen LogP contribution is -2.51. The van der Waals surface area contributed by atoms with Gasteiger partial charge < -0.3 is 9.84 Å². The van der Waals surface area contributed by atoms with Crippen molar-refractivity contribution in [3.63, 3.8) is 0 Å². The zero-order valence-electron chi connectivity index (χ0n) is 15.6. The molecule has 138 valence electrons. The Balaban J connectivity index is 1.80. The maximum atomic E-state index is 12.1. The highest BCUT2D eigenvalue weighted by Crippen LogP contribution is 2.58. The summed E-state index contributed by atoms with van der Waals surface area (Å²) in [5, 5.41) is 12.1. The molecule has 2 aromatic carbocycles. The average Bonchev–Trinajstić information content (AvgIpc) is 3.48. The van der Waals surface area contributed by atoms with Gasteiger partial charge in [0.1, 0.15) is 5.60 Å². The van der Waals surface area contributed by atoms with Gasteiger partial charge in [-0.15, -0.1) is 6.58 Å². The normalized spacial score (nSPS) is 26.6. The van der Waals surface area contributed by atoms with E-state index in [1.54, 1.807) is 0 Å². The lowest BCUT2D eigenvalue weighted by molar-refractivity contribution is -0.0161. The van der Waals surface area contributed by atoms with E-state index in [0.717, 1.165) is 36.8 Å². The Morgan fingerprint density at radius 2 is 1.85 bits per heavy atom. The molecule has 1 heterocycles. The van der Waals surface area contributed by atoms with Gasteiger partial charge in [-0.2, -0.15) is 0 Å². The van der Waals surface area contributed by atoms with Crippen LogP contribution >= 0.6 is 0 Å². The first-order valence-corrected chi connectivity index (χ1v) is 9.84. The Bertz CT molecular complexity index is 848. The van der Waals surface area contributed by atoms with Crippen molar-refractivity contribution >= 4 is 0 Å². The van der Waals surface area contributed by atoms with Crippen LogP contribution in [0.25, 0.3) is 0 Å². The summed E-state index contributed by atoms with van der Waals surface area (Å²) >= 11 is 0. The lowest BCUT2D eigenvalue weighted by Gasteiger charge is -2.38. The number of ether oxygens (including phenoxy) is 1. The molecule has 2 heteroatoms. The molecule has 2 unspecified atom stereocenters. The maximum absolute atomic E-state index is 12.1. The van der Waals surface area contributed by atoms with Crippen LogP contribution in [-0.2, 0) is 4.74 Å². The van der Waals surface area contributed by atoms with E-state index in [0.29, 0.717) is 6.42 Å². The van der Waals surface area contributed by atoms with Gasteiger partial charge in [-0.3, -0.25) is 0 Å². The topological polar surface area (TPSA) is 32.8 Å². The summed E-state index contributed by atoms with van der Waals surface area (Å²) in [6.45, 7) is 3.94. The third kappa shape index (κ3) is 3.23. The first kappa shape index (κ1) is 18.0. The monoisotopic (exact) mass is 358 g/mol. The number of hydrogen-bond acceptors (Lipinski definition) is 2. The lowest BCUT2D eigenvalue weighted by atomic mass is 9.67. The van der Waals surface area contributed by atoms with Crippen LogP contribution in [0.4, 0.5) is 0 Å². The van der Waals surface area contributed by atoms with E-state index < -0.39 is 11.2 Å². The van der Waals surface area contributed by atoms with E-state index >= 15 is 0 Å². The standard InChI is InChI=1S/C25H26O2/c1-2-11-22(21-14-7-4-8-15-21)24(26,19-17-20-12-5-3-6-13-20)25-18-10-9-16-23(25)27-25/h2-8,12-15,22-23,26H,1,9-11,16,18H2/t22-,23?,24-,25?/m0/s1. The maximum Gasteiger partial charge on any atom is 0.164 e. The first-order chi connectivity index (χ1) is 13.2. The Morgan fingerprint density at radius 1 is 1.15 bits per heavy atom. The second-order valence-corrected chi connectivity index (χ2v) is 7.61. The van der Waals surface area contributed by atoms with Crippen LogP contribution in [0.5, 0.6) is 0 Å². The van der Waals surface area contributed by atoms with E-state index in [1.807, 2.05) is 54.6 Å². The molecule has 4 rings (SSSR count). The number of fused-ring (bicyclic) bond motifs is 1. The molecule has 2 nitrogen and oxygen atoms in total. The number of aliphatic hydroxyl groups is 1.